The first-order valence-corrected chi connectivity index (χ1v) is 9.50. The number of hydrogen-bond donors (Lipinski definition) is 1. The van der Waals surface area contributed by atoms with Gasteiger partial charge in [-0.25, -0.2) is 18.4 Å². The van der Waals surface area contributed by atoms with Crippen LogP contribution in [0.1, 0.15) is 12.6 Å². The second-order valence-electron chi connectivity index (χ2n) is 4.97. The van der Waals surface area contributed by atoms with E-state index in [1.165, 1.54) is 11.5 Å². The molecular weight excluding hydrogens is 350 g/mol. The largest absolute Gasteiger partial charge is 0.296 e. The van der Waals surface area contributed by atoms with Gasteiger partial charge in [0, 0.05) is 13.2 Å². The molecule has 3 rings (SSSR count). The number of nitrogens with zero attached hydrogens (tertiary/aromatic N) is 6. The number of anilines is 1. The zero-order valence-electron chi connectivity index (χ0n) is 13.3. The number of azo groups is 1. The van der Waals surface area contributed by atoms with Crippen molar-refractivity contribution in [2.24, 2.45) is 17.3 Å². The van der Waals surface area contributed by atoms with E-state index in [1.54, 1.807) is 31.7 Å². The van der Waals surface area contributed by atoms with Gasteiger partial charge >= 0.3 is 0 Å². The summed E-state index contributed by atoms with van der Waals surface area (Å²) < 4.78 is 31.6. The quantitative estimate of drug-likeness (QED) is 0.698. The average Bonchev–Trinajstić information content (AvgIpc) is 3.07. The van der Waals surface area contributed by atoms with Crippen molar-refractivity contribution in [1.82, 2.24) is 18.9 Å². The molecule has 3 aromatic rings. The molecule has 0 saturated carbocycles. The van der Waals surface area contributed by atoms with E-state index in [0.29, 0.717) is 22.2 Å². The minimum Gasteiger partial charge on any atom is -0.296 e. The summed E-state index contributed by atoms with van der Waals surface area (Å²) in [6, 6.07) is 3.68. The van der Waals surface area contributed by atoms with Gasteiger partial charge < -0.3 is 0 Å². The Morgan fingerprint density at radius 2 is 2.17 bits per heavy atom. The van der Waals surface area contributed by atoms with Gasteiger partial charge in [-0.2, -0.15) is 4.37 Å². The summed E-state index contributed by atoms with van der Waals surface area (Å²) in [4.78, 5) is 8.35. The number of hydrogen-bond acceptors (Lipinski definition) is 8. The Kier molecular flexibility index (Phi) is 4.28. The smallest absolute Gasteiger partial charge is 0.234 e. The lowest BCUT2D eigenvalue weighted by Gasteiger charge is -2.05. The molecule has 0 aliphatic heterocycles. The van der Waals surface area contributed by atoms with Gasteiger partial charge in [0.05, 0.1) is 16.8 Å². The third kappa shape index (κ3) is 3.12. The van der Waals surface area contributed by atoms with E-state index in [0.717, 1.165) is 5.39 Å². The molecule has 0 radical (unpaired) electrons. The molecule has 0 aromatic carbocycles. The minimum atomic E-state index is -3.41. The standard InChI is InChI=1S/C13H15N7O2S2/c1-4-24(21,22)19-13-15-8(2)11(20(13)3)16-17-12-9-6-5-7-14-10(9)18-23-12/h5-7H,4H2,1-3H3,(H,15,19). The predicted octanol–water partition coefficient (Wildman–Crippen LogP) is 2.91. The summed E-state index contributed by atoms with van der Waals surface area (Å²) in [5, 5.41) is 9.88. The summed E-state index contributed by atoms with van der Waals surface area (Å²) in [6.45, 7) is 3.30. The molecule has 24 heavy (non-hydrogen) atoms. The SMILES string of the molecule is CCS(=O)(=O)Nc1nc(C)c(N=Nc2snc3ncccc23)n1C. The van der Waals surface area contributed by atoms with Crippen molar-refractivity contribution < 1.29 is 8.42 Å². The van der Waals surface area contributed by atoms with Gasteiger partial charge in [0.25, 0.3) is 0 Å². The first kappa shape index (κ1) is 16.5. The maximum Gasteiger partial charge on any atom is 0.234 e. The van der Waals surface area contributed by atoms with Crippen molar-refractivity contribution in [1.29, 1.82) is 0 Å². The molecule has 11 heteroatoms. The van der Waals surface area contributed by atoms with Gasteiger partial charge in [-0.3, -0.25) is 9.29 Å². The monoisotopic (exact) mass is 365 g/mol. The maximum absolute atomic E-state index is 11.7. The molecule has 0 aliphatic rings. The van der Waals surface area contributed by atoms with Crippen molar-refractivity contribution in [2.45, 2.75) is 13.8 Å². The minimum absolute atomic E-state index is 0.0321. The molecule has 0 atom stereocenters. The molecule has 0 spiro atoms. The Morgan fingerprint density at radius 1 is 1.38 bits per heavy atom. The number of sulfonamides is 1. The van der Waals surface area contributed by atoms with Crippen LogP contribution < -0.4 is 4.72 Å². The first-order chi connectivity index (χ1) is 11.4. The fourth-order valence-corrected chi connectivity index (χ4v) is 3.26. The molecule has 1 N–H and O–H groups in total. The molecule has 0 amide bonds. The average molecular weight is 365 g/mol. The van der Waals surface area contributed by atoms with Gasteiger partial charge in [-0.1, -0.05) is 0 Å². The van der Waals surface area contributed by atoms with Gasteiger partial charge in [0.15, 0.2) is 16.5 Å². The molecule has 126 valence electrons. The number of rotatable bonds is 5. The van der Waals surface area contributed by atoms with Crippen molar-refractivity contribution in [3.63, 3.8) is 0 Å². The molecular formula is C13H15N7O2S2. The van der Waals surface area contributed by atoms with Gasteiger partial charge in [0.2, 0.25) is 16.0 Å². The second kappa shape index (κ2) is 6.24. The number of aryl methyl sites for hydroxylation is 1. The molecule has 3 heterocycles. The number of aromatic nitrogens is 4. The zero-order chi connectivity index (χ0) is 17.3. The van der Waals surface area contributed by atoms with Crippen LogP contribution in [0.25, 0.3) is 11.0 Å². The molecule has 9 nitrogen and oxygen atoms in total. The maximum atomic E-state index is 11.7. The second-order valence-corrected chi connectivity index (χ2v) is 7.73. The topological polar surface area (TPSA) is 114 Å². The van der Waals surface area contributed by atoms with Crippen LogP contribution in [0.5, 0.6) is 0 Å². The molecule has 0 saturated heterocycles. The fourth-order valence-electron chi connectivity index (χ4n) is 2.01. The number of fused-ring (bicyclic) bond motifs is 1. The lowest BCUT2D eigenvalue weighted by molar-refractivity contribution is 0.601. The Balaban J connectivity index is 1.94. The van der Waals surface area contributed by atoms with Crippen LogP contribution in [-0.2, 0) is 17.1 Å². The lowest BCUT2D eigenvalue weighted by atomic mass is 10.3. The Morgan fingerprint density at radius 3 is 2.92 bits per heavy atom. The Labute approximate surface area is 142 Å². The van der Waals surface area contributed by atoms with Crippen molar-refractivity contribution in [3.05, 3.63) is 24.0 Å². The summed E-state index contributed by atoms with van der Waals surface area (Å²) in [7, 11) is -1.73. The van der Waals surface area contributed by atoms with Crippen LogP contribution in [0.3, 0.4) is 0 Å². The Hall–Kier alpha value is -2.40. The van der Waals surface area contributed by atoms with E-state index in [-0.39, 0.29) is 11.7 Å². The van der Waals surface area contributed by atoms with E-state index >= 15 is 0 Å². The van der Waals surface area contributed by atoms with E-state index < -0.39 is 10.0 Å². The Bertz CT molecular complexity index is 1020. The molecule has 3 aromatic heterocycles. The number of pyridine rings is 1. The van der Waals surface area contributed by atoms with E-state index in [9.17, 15) is 8.42 Å². The summed E-state index contributed by atoms with van der Waals surface area (Å²) in [5.74, 6) is 0.642. The van der Waals surface area contributed by atoms with Crippen LogP contribution in [0.2, 0.25) is 0 Å². The van der Waals surface area contributed by atoms with Crippen molar-refractivity contribution >= 4 is 49.4 Å². The highest BCUT2D eigenvalue weighted by molar-refractivity contribution is 7.92. The predicted molar refractivity (Wildman–Crippen MR) is 92.6 cm³/mol. The van der Waals surface area contributed by atoms with E-state index in [2.05, 4.69) is 29.3 Å². The number of nitrogens with one attached hydrogen (secondary N) is 1. The van der Waals surface area contributed by atoms with E-state index in [1.807, 2.05) is 12.1 Å². The van der Waals surface area contributed by atoms with Crippen LogP contribution >= 0.6 is 11.5 Å². The van der Waals surface area contributed by atoms with Crippen LogP contribution in [-0.4, -0.2) is 33.1 Å². The van der Waals surface area contributed by atoms with Crippen LogP contribution in [0.4, 0.5) is 16.8 Å². The highest BCUT2D eigenvalue weighted by Gasteiger charge is 2.16. The summed E-state index contributed by atoms with van der Waals surface area (Å²) in [5.41, 5.74) is 1.19. The van der Waals surface area contributed by atoms with Crippen molar-refractivity contribution in [2.75, 3.05) is 10.5 Å². The fraction of sp³-hybridized carbons (Fsp3) is 0.308. The third-order valence-electron chi connectivity index (χ3n) is 3.33. The van der Waals surface area contributed by atoms with E-state index in [4.69, 9.17) is 0 Å². The number of imidazole rings is 1. The van der Waals surface area contributed by atoms with Gasteiger partial charge in [-0.05, 0) is 37.5 Å². The highest BCUT2D eigenvalue weighted by atomic mass is 32.2. The normalized spacial score (nSPS) is 12.3. The van der Waals surface area contributed by atoms with Crippen molar-refractivity contribution in [3.8, 4) is 0 Å². The lowest BCUT2D eigenvalue weighted by Crippen LogP contribution is -2.17. The molecule has 0 aliphatic carbocycles. The first-order valence-electron chi connectivity index (χ1n) is 7.07. The zero-order valence-corrected chi connectivity index (χ0v) is 14.9. The van der Waals surface area contributed by atoms with Gasteiger partial charge in [-0.15, -0.1) is 10.2 Å². The summed E-state index contributed by atoms with van der Waals surface area (Å²) in [6.07, 6.45) is 1.67. The molecule has 0 unspecified atom stereocenters. The highest BCUT2D eigenvalue weighted by Crippen LogP contribution is 2.31. The third-order valence-corrected chi connectivity index (χ3v) is 5.32. The van der Waals surface area contributed by atoms with Crippen LogP contribution in [0.15, 0.2) is 28.6 Å². The summed E-state index contributed by atoms with van der Waals surface area (Å²) >= 11 is 1.20. The molecule has 0 fully saturated rings. The molecule has 0 bridgehead atoms. The van der Waals surface area contributed by atoms with Gasteiger partial charge in [0.1, 0.15) is 0 Å². The van der Waals surface area contributed by atoms with Crippen LogP contribution in [0, 0.1) is 6.92 Å².